The lowest BCUT2D eigenvalue weighted by atomic mass is 9.98. The molecular weight excluding hydrogens is 326 g/mol. The van der Waals surface area contributed by atoms with E-state index < -0.39 is 0 Å². The van der Waals surface area contributed by atoms with Crippen LogP contribution < -0.4 is 11.0 Å². The Bertz CT molecular complexity index is 992. The fourth-order valence-corrected chi connectivity index (χ4v) is 4.08. The highest BCUT2D eigenvalue weighted by Gasteiger charge is 2.57. The number of aromatic nitrogens is 3. The Labute approximate surface area is 152 Å². The number of unbranched alkanes of at least 4 members (excludes halogenated alkanes) is 1. The number of aryl methyl sites for hydroxylation is 2. The fourth-order valence-electron chi connectivity index (χ4n) is 4.08. The zero-order valence-corrected chi connectivity index (χ0v) is 15.6. The molecule has 2 fully saturated rings. The number of nitrogens with one attached hydrogen (secondary N) is 2. The minimum absolute atomic E-state index is 0.123. The molecule has 6 nitrogen and oxygen atoms in total. The van der Waals surface area contributed by atoms with Gasteiger partial charge in [-0.2, -0.15) is 0 Å². The molecule has 0 saturated heterocycles. The summed E-state index contributed by atoms with van der Waals surface area (Å²) in [6.07, 6.45) is 8.85. The first-order chi connectivity index (χ1) is 12.5. The Morgan fingerprint density at radius 3 is 2.65 bits per heavy atom. The molecule has 0 unspecified atom stereocenters. The number of rotatable bonds is 6. The van der Waals surface area contributed by atoms with Gasteiger partial charge in [0.1, 0.15) is 5.84 Å². The third-order valence-electron chi connectivity index (χ3n) is 6.06. The molecule has 0 amide bonds. The molecule has 6 heteroatoms. The lowest BCUT2D eigenvalue weighted by Crippen LogP contribution is -2.46. The maximum Gasteiger partial charge on any atom is 0.294 e. The topological polar surface area (TPSA) is 87.5 Å². The van der Waals surface area contributed by atoms with Crippen molar-refractivity contribution in [3.8, 4) is 0 Å². The van der Waals surface area contributed by atoms with Gasteiger partial charge in [0.25, 0.3) is 5.56 Å². The van der Waals surface area contributed by atoms with E-state index in [1.807, 2.05) is 12.3 Å². The largest absolute Gasteiger partial charge is 0.302 e. The van der Waals surface area contributed by atoms with Crippen LogP contribution in [0, 0.1) is 22.2 Å². The van der Waals surface area contributed by atoms with E-state index in [1.54, 1.807) is 4.57 Å². The molecule has 2 aliphatic rings. The summed E-state index contributed by atoms with van der Waals surface area (Å²) >= 11 is 0. The Morgan fingerprint density at radius 1 is 1.35 bits per heavy atom. The standard InChI is InChI=1S/C20H27N5O/c1-3-5-10-24-15-11-13(4-2)12-23-17(15)25(16(21)18(24)26)19(22)20(8-9-20)14-6-7-14/h11-12,14,21-22H,3-10H2,1-2H3. The van der Waals surface area contributed by atoms with Gasteiger partial charge < -0.3 is 4.57 Å². The quantitative estimate of drug-likeness (QED) is 0.617. The van der Waals surface area contributed by atoms with Crippen LogP contribution in [0.25, 0.3) is 11.2 Å². The highest BCUT2D eigenvalue weighted by molar-refractivity contribution is 5.95. The van der Waals surface area contributed by atoms with Crippen LogP contribution >= 0.6 is 0 Å². The molecule has 0 atom stereocenters. The zero-order chi connectivity index (χ0) is 18.5. The van der Waals surface area contributed by atoms with Crippen LogP contribution in [0.2, 0.25) is 0 Å². The number of hydrogen-bond acceptors (Lipinski definition) is 4. The van der Waals surface area contributed by atoms with Crippen LogP contribution in [0.15, 0.2) is 17.1 Å². The summed E-state index contributed by atoms with van der Waals surface area (Å²) in [7, 11) is 0. The van der Waals surface area contributed by atoms with Gasteiger partial charge in [0, 0.05) is 18.2 Å². The minimum Gasteiger partial charge on any atom is -0.302 e. The molecule has 0 spiro atoms. The molecule has 0 bridgehead atoms. The molecule has 26 heavy (non-hydrogen) atoms. The summed E-state index contributed by atoms with van der Waals surface area (Å²) in [5, 5.41) is 17.3. The molecule has 4 rings (SSSR count). The molecule has 138 valence electrons. The fraction of sp³-hybridized carbons (Fsp3) is 0.600. The van der Waals surface area contributed by atoms with Crippen molar-refractivity contribution in [2.45, 2.75) is 65.3 Å². The van der Waals surface area contributed by atoms with Gasteiger partial charge in [0.05, 0.1) is 5.52 Å². The van der Waals surface area contributed by atoms with Gasteiger partial charge in [-0.25, -0.2) is 4.98 Å². The molecule has 0 aromatic carbocycles. The van der Waals surface area contributed by atoms with Gasteiger partial charge in [-0.05, 0) is 56.1 Å². The summed E-state index contributed by atoms with van der Waals surface area (Å²) in [4.78, 5) is 17.6. The van der Waals surface area contributed by atoms with Crippen LogP contribution in [0.4, 0.5) is 0 Å². The molecule has 2 N–H and O–H groups in total. The first kappa shape index (κ1) is 17.2. The number of nitrogens with zero attached hydrogens (tertiary/aromatic N) is 3. The predicted molar refractivity (Wildman–Crippen MR) is 102 cm³/mol. The smallest absolute Gasteiger partial charge is 0.294 e. The predicted octanol–water partition coefficient (Wildman–Crippen LogP) is 3.06. The number of fused-ring (bicyclic) bond motifs is 1. The molecule has 2 aromatic rings. The molecule has 0 radical (unpaired) electrons. The second-order valence-corrected chi connectivity index (χ2v) is 7.81. The van der Waals surface area contributed by atoms with Crippen molar-refractivity contribution in [3.63, 3.8) is 0 Å². The van der Waals surface area contributed by atoms with Crippen LogP contribution in [0.3, 0.4) is 0 Å². The van der Waals surface area contributed by atoms with Gasteiger partial charge >= 0.3 is 0 Å². The minimum atomic E-state index is -0.308. The van der Waals surface area contributed by atoms with Crippen LogP contribution in [0.1, 0.15) is 57.9 Å². The van der Waals surface area contributed by atoms with E-state index in [2.05, 4.69) is 18.8 Å². The van der Waals surface area contributed by atoms with Crippen molar-refractivity contribution < 1.29 is 0 Å². The monoisotopic (exact) mass is 353 g/mol. The number of hydrogen-bond donors (Lipinski definition) is 2. The first-order valence-corrected chi connectivity index (χ1v) is 9.82. The molecule has 2 saturated carbocycles. The van der Waals surface area contributed by atoms with Crippen LogP contribution in [-0.2, 0) is 13.0 Å². The van der Waals surface area contributed by atoms with Crippen LogP contribution in [0.5, 0.6) is 0 Å². The van der Waals surface area contributed by atoms with Gasteiger partial charge in [0.2, 0.25) is 0 Å². The molecule has 0 aliphatic heterocycles. The van der Waals surface area contributed by atoms with Gasteiger partial charge in [-0.3, -0.25) is 20.2 Å². The molecule has 2 aromatic heterocycles. The summed E-state index contributed by atoms with van der Waals surface area (Å²) in [6, 6.07) is 2.01. The van der Waals surface area contributed by atoms with Gasteiger partial charge in [-0.15, -0.1) is 0 Å². The van der Waals surface area contributed by atoms with Crippen molar-refractivity contribution in [3.05, 3.63) is 33.7 Å². The summed E-state index contributed by atoms with van der Waals surface area (Å²) in [5.41, 5.74) is 1.86. The van der Waals surface area contributed by atoms with Gasteiger partial charge in [0.15, 0.2) is 11.1 Å². The van der Waals surface area contributed by atoms with E-state index in [1.165, 1.54) is 4.57 Å². The maximum absolute atomic E-state index is 13.0. The molecule has 2 aliphatic carbocycles. The average Bonchev–Trinajstić information content (AvgIpc) is 3.54. The summed E-state index contributed by atoms with van der Waals surface area (Å²) in [5.74, 6) is 0.959. The SMILES string of the molecule is CCCCn1c(=O)c(=N)n(C(=N)C2(C3CC3)CC2)c2ncc(CC)cc21. The Hall–Kier alpha value is -2.24. The normalized spacial score (nSPS) is 18.2. The van der Waals surface area contributed by atoms with Crippen molar-refractivity contribution in [2.75, 3.05) is 0 Å². The van der Waals surface area contributed by atoms with E-state index >= 15 is 0 Å². The Balaban J connectivity index is 1.96. The average molecular weight is 353 g/mol. The summed E-state index contributed by atoms with van der Waals surface area (Å²) in [6.45, 7) is 4.75. The lowest BCUT2D eigenvalue weighted by Gasteiger charge is -2.21. The Morgan fingerprint density at radius 2 is 2.08 bits per heavy atom. The third kappa shape index (κ3) is 2.54. The van der Waals surface area contributed by atoms with Crippen LogP contribution in [-0.4, -0.2) is 20.0 Å². The van der Waals surface area contributed by atoms with Crippen molar-refractivity contribution in [1.29, 1.82) is 10.8 Å². The van der Waals surface area contributed by atoms with Crippen molar-refractivity contribution >= 4 is 17.0 Å². The second kappa shape index (κ2) is 6.18. The van der Waals surface area contributed by atoms with Crippen molar-refractivity contribution in [1.82, 2.24) is 14.1 Å². The first-order valence-electron chi connectivity index (χ1n) is 9.82. The number of pyridine rings is 1. The van der Waals surface area contributed by atoms with Gasteiger partial charge in [-0.1, -0.05) is 20.3 Å². The maximum atomic E-state index is 13.0. The highest BCUT2D eigenvalue weighted by Crippen LogP contribution is 2.62. The molecular formula is C20H27N5O. The Kier molecular flexibility index (Phi) is 4.09. The summed E-state index contributed by atoms with van der Waals surface area (Å²) < 4.78 is 3.22. The molecule has 2 heterocycles. The van der Waals surface area contributed by atoms with E-state index in [0.717, 1.165) is 56.0 Å². The van der Waals surface area contributed by atoms with E-state index in [-0.39, 0.29) is 16.5 Å². The lowest BCUT2D eigenvalue weighted by molar-refractivity contribution is 0.568. The highest BCUT2D eigenvalue weighted by atomic mass is 16.1. The third-order valence-corrected chi connectivity index (χ3v) is 6.06. The zero-order valence-electron chi connectivity index (χ0n) is 15.6. The van der Waals surface area contributed by atoms with E-state index in [4.69, 9.17) is 10.8 Å². The second-order valence-electron chi connectivity index (χ2n) is 7.81. The van der Waals surface area contributed by atoms with E-state index in [9.17, 15) is 4.79 Å². The van der Waals surface area contributed by atoms with E-state index in [0.29, 0.717) is 23.9 Å². The van der Waals surface area contributed by atoms with Crippen molar-refractivity contribution in [2.24, 2.45) is 11.3 Å².